The molecule has 3 heterocycles. The van der Waals surface area contributed by atoms with Crippen LogP contribution >= 0.6 is 0 Å². The van der Waals surface area contributed by atoms with Gasteiger partial charge in [0.15, 0.2) is 12.2 Å². The molecule has 0 unspecified atom stereocenters. The van der Waals surface area contributed by atoms with Crippen LogP contribution in [0.15, 0.2) is 35.3 Å². The number of carbonyl (C=O) groups is 1. The second-order valence-electron chi connectivity index (χ2n) is 5.89. The number of nitriles is 1. The minimum atomic E-state index is -1.28. The number of ether oxygens (including phenoxy) is 3. The lowest BCUT2D eigenvalue weighted by Crippen LogP contribution is -2.53. The number of rotatable bonds is 2. The van der Waals surface area contributed by atoms with Crippen molar-refractivity contribution in [1.82, 2.24) is 0 Å². The van der Waals surface area contributed by atoms with Gasteiger partial charge in [0.2, 0.25) is 5.60 Å². The molecule has 1 N–H and O–H groups in total. The van der Waals surface area contributed by atoms with Crippen LogP contribution in [-0.2, 0) is 19.0 Å². The Balaban J connectivity index is 1.53. The molecule has 1 aromatic rings. The Bertz CT molecular complexity index is 714. The molecule has 7 nitrogen and oxygen atoms in total. The van der Waals surface area contributed by atoms with Crippen molar-refractivity contribution >= 4 is 17.7 Å². The predicted molar refractivity (Wildman–Crippen MR) is 79.5 cm³/mol. The lowest BCUT2D eigenvalue weighted by atomic mass is 9.81. The Morgan fingerprint density at radius 3 is 2.96 bits per heavy atom. The molecule has 2 fully saturated rings. The average Bonchev–Trinajstić information content (AvgIpc) is 3.17. The van der Waals surface area contributed by atoms with Crippen molar-refractivity contribution in [3.63, 3.8) is 0 Å². The van der Waals surface area contributed by atoms with Gasteiger partial charge in [-0.3, -0.25) is 4.79 Å². The lowest BCUT2D eigenvalue weighted by Gasteiger charge is -2.32. The van der Waals surface area contributed by atoms with E-state index in [0.717, 1.165) is 5.69 Å². The number of amidine groups is 1. The Hall–Kier alpha value is -2.59. The van der Waals surface area contributed by atoms with Gasteiger partial charge in [-0.25, -0.2) is 4.99 Å². The van der Waals surface area contributed by atoms with Crippen LogP contribution in [0.3, 0.4) is 0 Å². The summed E-state index contributed by atoms with van der Waals surface area (Å²) in [4.78, 5) is 15.8. The van der Waals surface area contributed by atoms with E-state index in [-0.39, 0.29) is 12.1 Å². The molecule has 2 saturated heterocycles. The fourth-order valence-corrected chi connectivity index (χ4v) is 3.47. The van der Waals surface area contributed by atoms with Crippen molar-refractivity contribution in [1.29, 1.82) is 5.26 Å². The van der Waals surface area contributed by atoms with Gasteiger partial charge in [0.25, 0.3) is 6.02 Å². The topological polar surface area (TPSA) is 92.9 Å². The largest absolute Gasteiger partial charge is 0.456 e. The van der Waals surface area contributed by atoms with Gasteiger partial charge in [0.05, 0.1) is 6.10 Å². The van der Waals surface area contributed by atoms with Gasteiger partial charge in [0, 0.05) is 19.0 Å². The van der Waals surface area contributed by atoms with E-state index in [1.807, 2.05) is 30.3 Å². The quantitative estimate of drug-likeness (QED) is 0.825. The standard InChI is InChI=1S/C16H15N3O4/c1-9(20)23-16(8-17)7-11-12-13(14(16)21-11)22-15(19-12)18-10-5-3-2-4-6-10/h2-6,11-14H,7H2,1H3,(H,18,19)/t11-,12-,13-,14-,16+/m1/s1. The second kappa shape index (κ2) is 4.96. The number of esters is 1. The van der Waals surface area contributed by atoms with E-state index in [1.165, 1.54) is 6.92 Å². The number of anilines is 1. The molecule has 0 aromatic heterocycles. The SMILES string of the molecule is CC(=O)O[C@]1(C#N)C[C@H]2O[C@@H]1[C@@H]1OC(Nc3ccccc3)=N[C@@H]12. The third-order valence-electron chi connectivity index (χ3n) is 4.36. The van der Waals surface area contributed by atoms with E-state index in [9.17, 15) is 10.1 Å². The first-order valence-electron chi connectivity index (χ1n) is 7.44. The number of para-hydroxylation sites is 1. The molecular formula is C16H15N3O4. The Morgan fingerprint density at radius 1 is 1.48 bits per heavy atom. The zero-order chi connectivity index (χ0) is 16.0. The fourth-order valence-electron chi connectivity index (χ4n) is 3.47. The number of benzene rings is 1. The van der Waals surface area contributed by atoms with Crippen molar-refractivity contribution in [2.45, 2.75) is 43.3 Å². The molecule has 4 rings (SSSR count). The first kappa shape index (κ1) is 14.0. The van der Waals surface area contributed by atoms with Crippen molar-refractivity contribution in [2.24, 2.45) is 4.99 Å². The maximum absolute atomic E-state index is 11.3. The van der Waals surface area contributed by atoms with Crippen LogP contribution in [0.5, 0.6) is 0 Å². The molecule has 0 radical (unpaired) electrons. The summed E-state index contributed by atoms with van der Waals surface area (Å²) >= 11 is 0. The maximum atomic E-state index is 11.3. The molecule has 0 spiro atoms. The number of aliphatic imine (C=N–C) groups is 1. The highest BCUT2D eigenvalue weighted by Crippen LogP contribution is 2.48. The van der Waals surface area contributed by atoms with E-state index in [2.05, 4.69) is 16.4 Å². The van der Waals surface area contributed by atoms with Crippen molar-refractivity contribution in [2.75, 3.05) is 5.32 Å². The van der Waals surface area contributed by atoms with Gasteiger partial charge in [-0.2, -0.15) is 5.26 Å². The monoisotopic (exact) mass is 313 g/mol. The van der Waals surface area contributed by atoms with Crippen molar-refractivity contribution in [3.05, 3.63) is 30.3 Å². The maximum Gasteiger partial charge on any atom is 0.304 e. The van der Waals surface area contributed by atoms with E-state index >= 15 is 0 Å². The minimum absolute atomic E-state index is 0.178. The van der Waals surface area contributed by atoms with E-state index in [4.69, 9.17) is 14.2 Å². The van der Waals surface area contributed by atoms with E-state index in [1.54, 1.807) is 0 Å². The summed E-state index contributed by atoms with van der Waals surface area (Å²) < 4.78 is 16.9. The van der Waals surface area contributed by atoms with Crippen LogP contribution < -0.4 is 5.32 Å². The van der Waals surface area contributed by atoms with Gasteiger partial charge in [0.1, 0.15) is 12.1 Å². The highest BCUT2D eigenvalue weighted by molar-refractivity contribution is 5.90. The van der Waals surface area contributed by atoms with Crippen LogP contribution in [0, 0.1) is 11.3 Å². The highest BCUT2D eigenvalue weighted by atomic mass is 16.6. The van der Waals surface area contributed by atoms with Crippen LogP contribution in [-0.4, -0.2) is 41.9 Å². The van der Waals surface area contributed by atoms with Gasteiger partial charge in [-0.1, -0.05) is 18.2 Å². The second-order valence-corrected chi connectivity index (χ2v) is 5.89. The number of hydrogen-bond acceptors (Lipinski definition) is 7. The third-order valence-corrected chi connectivity index (χ3v) is 4.36. The highest BCUT2D eigenvalue weighted by Gasteiger charge is 2.68. The lowest BCUT2D eigenvalue weighted by molar-refractivity contribution is -0.158. The molecule has 2 bridgehead atoms. The zero-order valence-electron chi connectivity index (χ0n) is 12.4. The summed E-state index contributed by atoms with van der Waals surface area (Å²) in [6.07, 6.45) is -0.997. The van der Waals surface area contributed by atoms with Crippen molar-refractivity contribution < 1.29 is 19.0 Å². The van der Waals surface area contributed by atoms with Crippen molar-refractivity contribution in [3.8, 4) is 6.07 Å². The molecule has 0 saturated carbocycles. The van der Waals surface area contributed by atoms with E-state index < -0.39 is 23.8 Å². The third kappa shape index (κ3) is 2.14. The summed E-state index contributed by atoms with van der Waals surface area (Å²) in [6.45, 7) is 1.29. The number of fused-ring (bicyclic) bond motifs is 5. The smallest absolute Gasteiger partial charge is 0.304 e. The van der Waals surface area contributed by atoms with Crippen LogP contribution in [0.4, 0.5) is 5.69 Å². The summed E-state index contributed by atoms with van der Waals surface area (Å²) in [5, 5.41) is 12.6. The minimum Gasteiger partial charge on any atom is -0.456 e. The van der Waals surface area contributed by atoms with E-state index in [0.29, 0.717) is 12.4 Å². The zero-order valence-corrected chi connectivity index (χ0v) is 12.4. The number of carbonyl (C=O) groups excluding carboxylic acids is 1. The fraction of sp³-hybridized carbons (Fsp3) is 0.438. The number of nitrogens with one attached hydrogen (secondary N) is 1. The normalized spacial score (nSPS) is 36.6. The van der Waals surface area contributed by atoms with Gasteiger partial charge in [-0.15, -0.1) is 0 Å². The molecule has 5 atom stereocenters. The Kier molecular flexibility index (Phi) is 3.03. The summed E-state index contributed by atoms with van der Waals surface area (Å²) in [5.41, 5.74) is -0.416. The van der Waals surface area contributed by atoms with Crippen LogP contribution in [0.2, 0.25) is 0 Å². The molecule has 3 aliphatic rings. The molecule has 0 amide bonds. The first-order chi connectivity index (χ1) is 11.1. The molecule has 118 valence electrons. The van der Waals surface area contributed by atoms with Gasteiger partial charge in [-0.05, 0) is 12.1 Å². The molecule has 3 aliphatic heterocycles. The first-order valence-corrected chi connectivity index (χ1v) is 7.44. The summed E-state index contributed by atoms with van der Waals surface area (Å²) in [6, 6.07) is 11.9. The van der Waals surface area contributed by atoms with Crippen LogP contribution in [0.25, 0.3) is 0 Å². The van der Waals surface area contributed by atoms with Gasteiger partial charge >= 0.3 is 5.97 Å². The van der Waals surface area contributed by atoms with Crippen LogP contribution in [0.1, 0.15) is 13.3 Å². The average molecular weight is 313 g/mol. The van der Waals surface area contributed by atoms with Gasteiger partial charge < -0.3 is 19.5 Å². The number of nitrogens with zero attached hydrogens (tertiary/aromatic N) is 2. The molecule has 7 heteroatoms. The molecule has 1 aromatic carbocycles. The Morgan fingerprint density at radius 2 is 2.26 bits per heavy atom. The Labute approximate surface area is 132 Å². The molecule has 0 aliphatic carbocycles. The summed E-state index contributed by atoms with van der Waals surface area (Å²) in [7, 11) is 0. The molecule has 23 heavy (non-hydrogen) atoms. The predicted octanol–water partition coefficient (Wildman–Crippen LogP) is 1.22. The number of hydrogen-bond donors (Lipinski definition) is 1. The molecular weight excluding hydrogens is 298 g/mol. The summed E-state index contributed by atoms with van der Waals surface area (Å²) in [5.74, 6) is -0.499.